The molecule has 152 valence electrons. The van der Waals surface area contributed by atoms with Crippen LogP contribution in [0.2, 0.25) is 0 Å². The zero-order chi connectivity index (χ0) is 21.3. The molecule has 30 heavy (non-hydrogen) atoms. The van der Waals surface area contributed by atoms with Gasteiger partial charge in [0.25, 0.3) is 0 Å². The van der Waals surface area contributed by atoms with Crippen molar-refractivity contribution in [2.75, 3.05) is 5.32 Å². The van der Waals surface area contributed by atoms with Crippen LogP contribution in [0.15, 0.2) is 48.5 Å². The maximum atomic E-state index is 13.2. The molecule has 7 nitrogen and oxygen atoms in total. The van der Waals surface area contributed by atoms with Gasteiger partial charge in [0.05, 0.1) is 16.6 Å². The summed E-state index contributed by atoms with van der Waals surface area (Å²) in [6, 6.07) is 12.7. The molecule has 0 radical (unpaired) electrons. The number of aromatic carboxylic acids is 1. The van der Waals surface area contributed by atoms with Crippen LogP contribution in [0.4, 0.5) is 10.2 Å². The van der Waals surface area contributed by atoms with E-state index in [0.717, 1.165) is 23.1 Å². The van der Waals surface area contributed by atoms with Gasteiger partial charge in [0.15, 0.2) is 11.5 Å². The predicted molar refractivity (Wildman–Crippen MR) is 112 cm³/mol. The fourth-order valence-corrected chi connectivity index (χ4v) is 3.28. The summed E-state index contributed by atoms with van der Waals surface area (Å²) in [6.07, 6.45) is 0.721. The Kier molecular flexibility index (Phi) is 5.14. The number of aryl methyl sites for hydroxylation is 2. The van der Waals surface area contributed by atoms with Gasteiger partial charge in [-0.15, -0.1) is 0 Å². The van der Waals surface area contributed by atoms with E-state index in [-0.39, 0.29) is 11.4 Å². The topological polar surface area (TPSA) is 92.9 Å². The Morgan fingerprint density at radius 3 is 2.43 bits per heavy atom. The summed E-state index contributed by atoms with van der Waals surface area (Å²) in [5.74, 6) is -0.173. The van der Waals surface area contributed by atoms with E-state index in [1.54, 1.807) is 28.9 Å². The molecule has 0 bridgehead atoms. The highest BCUT2D eigenvalue weighted by molar-refractivity contribution is 5.91. The lowest BCUT2D eigenvalue weighted by Crippen LogP contribution is -2.05. The number of nitrogens with one attached hydrogen (secondary N) is 1. The number of hydrogen-bond donors (Lipinski definition) is 2. The van der Waals surface area contributed by atoms with Gasteiger partial charge in [-0.25, -0.2) is 23.8 Å². The summed E-state index contributed by atoms with van der Waals surface area (Å²) in [5, 5.41) is 17.8. The van der Waals surface area contributed by atoms with E-state index in [4.69, 9.17) is 10.1 Å². The van der Waals surface area contributed by atoms with Crippen molar-refractivity contribution in [3.05, 3.63) is 71.2 Å². The van der Waals surface area contributed by atoms with Gasteiger partial charge in [0.1, 0.15) is 11.6 Å². The molecule has 0 aliphatic carbocycles. The van der Waals surface area contributed by atoms with Gasteiger partial charge in [0.2, 0.25) is 0 Å². The molecule has 0 spiro atoms. The van der Waals surface area contributed by atoms with Crippen molar-refractivity contribution in [2.45, 2.75) is 19.9 Å². The van der Waals surface area contributed by atoms with Gasteiger partial charge >= 0.3 is 5.97 Å². The van der Waals surface area contributed by atoms with Crippen molar-refractivity contribution in [1.82, 2.24) is 19.7 Å². The Bertz CT molecular complexity index is 1220. The van der Waals surface area contributed by atoms with E-state index in [9.17, 15) is 9.18 Å². The number of carbonyl (C=O) groups is 1. The number of hydrogen-bond acceptors (Lipinski definition) is 5. The smallest absolute Gasteiger partial charge is 0.335 e. The summed E-state index contributed by atoms with van der Waals surface area (Å²) in [5.41, 5.74) is 3.37. The Labute approximate surface area is 172 Å². The summed E-state index contributed by atoms with van der Waals surface area (Å²) >= 11 is 0. The van der Waals surface area contributed by atoms with Crippen LogP contribution in [0, 0.1) is 5.82 Å². The molecule has 2 aromatic carbocycles. The van der Waals surface area contributed by atoms with Crippen LogP contribution in [0.25, 0.3) is 22.4 Å². The number of anilines is 1. The average molecular weight is 405 g/mol. The summed E-state index contributed by atoms with van der Waals surface area (Å²) in [7, 11) is 1.83. The molecule has 0 unspecified atom stereocenters. The Morgan fingerprint density at radius 2 is 1.80 bits per heavy atom. The number of carboxylic acids is 1. The Hall–Kier alpha value is -3.81. The van der Waals surface area contributed by atoms with E-state index in [1.807, 2.05) is 14.0 Å². The quantitative estimate of drug-likeness (QED) is 0.503. The van der Waals surface area contributed by atoms with Crippen LogP contribution in [-0.2, 0) is 20.0 Å². The van der Waals surface area contributed by atoms with Crippen LogP contribution in [0.1, 0.15) is 28.5 Å². The van der Waals surface area contributed by atoms with Crippen LogP contribution >= 0.6 is 0 Å². The number of nitrogens with zero attached hydrogens (tertiary/aromatic N) is 4. The van der Waals surface area contributed by atoms with Crippen LogP contribution < -0.4 is 5.32 Å². The van der Waals surface area contributed by atoms with Crippen molar-refractivity contribution in [1.29, 1.82) is 0 Å². The molecule has 0 saturated heterocycles. The third-order valence-corrected chi connectivity index (χ3v) is 4.85. The van der Waals surface area contributed by atoms with E-state index in [1.165, 1.54) is 24.3 Å². The molecule has 0 amide bonds. The maximum absolute atomic E-state index is 13.2. The molecular formula is C22H20FN5O2. The van der Waals surface area contributed by atoms with Gasteiger partial charge in [0, 0.05) is 19.2 Å². The zero-order valence-electron chi connectivity index (χ0n) is 16.6. The van der Waals surface area contributed by atoms with E-state index < -0.39 is 5.97 Å². The van der Waals surface area contributed by atoms with E-state index in [2.05, 4.69) is 15.4 Å². The second-order valence-corrected chi connectivity index (χ2v) is 6.88. The Morgan fingerprint density at radius 1 is 1.10 bits per heavy atom. The van der Waals surface area contributed by atoms with Gasteiger partial charge in [-0.05, 0) is 36.2 Å². The third-order valence-electron chi connectivity index (χ3n) is 4.85. The fourth-order valence-electron chi connectivity index (χ4n) is 3.28. The molecule has 0 aliphatic heterocycles. The summed E-state index contributed by atoms with van der Waals surface area (Å²) in [6.45, 7) is 2.48. The van der Waals surface area contributed by atoms with Crippen LogP contribution in [-0.4, -0.2) is 30.8 Å². The van der Waals surface area contributed by atoms with Gasteiger partial charge in [-0.2, -0.15) is 5.10 Å². The number of fused-ring (bicyclic) bond motifs is 1. The first kappa shape index (κ1) is 19.5. The first-order valence-corrected chi connectivity index (χ1v) is 9.52. The molecule has 0 fully saturated rings. The molecular weight excluding hydrogens is 385 g/mol. The van der Waals surface area contributed by atoms with Gasteiger partial charge < -0.3 is 10.4 Å². The Balaban J connectivity index is 1.77. The molecule has 2 heterocycles. The average Bonchev–Trinajstić information content (AvgIpc) is 3.09. The highest BCUT2D eigenvalue weighted by atomic mass is 19.1. The predicted octanol–water partition coefficient (Wildman–Crippen LogP) is 4.04. The third kappa shape index (κ3) is 3.71. The second kappa shape index (κ2) is 7.90. The highest BCUT2D eigenvalue weighted by Gasteiger charge is 2.17. The lowest BCUT2D eigenvalue weighted by molar-refractivity contribution is 0.0697. The second-order valence-electron chi connectivity index (χ2n) is 6.88. The van der Waals surface area contributed by atoms with Crippen LogP contribution in [0.3, 0.4) is 0 Å². The molecule has 0 aliphatic rings. The number of aromatic nitrogens is 4. The molecule has 2 aromatic heterocycles. The number of rotatable bonds is 6. The lowest BCUT2D eigenvalue weighted by atomic mass is 10.1. The minimum Gasteiger partial charge on any atom is -0.478 e. The van der Waals surface area contributed by atoms with Crippen molar-refractivity contribution in [3.8, 4) is 11.4 Å². The van der Waals surface area contributed by atoms with Crippen molar-refractivity contribution in [2.24, 2.45) is 7.05 Å². The minimum atomic E-state index is -0.987. The van der Waals surface area contributed by atoms with E-state index >= 15 is 0 Å². The van der Waals surface area contributed by atoms with Crippen molar-refractivity contribution in [3.63, 3.8) is 0 Å². The first-order chi connectivity index (χ1) is 14.5. The molecule has 2 N–H and O–H groups in total. The molecule has 8 heteroatoms. The molecule has 0 atom stereocenters. The monoisotopic (exact) mass is 405 g/mol. The zero-order valence-corrected chi connectivity index (χ0v) is 16.6. The standard InChI is InChI=1S/C22H20FN5O2/c1-3-17-18-20(24-12-13-4-10-16(23)11-5-13)25-19(26-21(18)28(2)27-17)14-6-8-15(9-7-14)22(29)30/h4-11H,3,12H2,1-2H3,(H,29,30)(H,24,25,26). The first-order valence-electron chi connectivity index (χ1n) is 9.52. The molecule has 4 rings (SSSR count). The van der Waals surface area contributed by atoms with Gasteiger partial charge in [-0.1, -0.05) is 31.2 Å². The van der Waals surface area contributed by atoms with Crippen molar-refractivity contribution >= 4 is 22.8 Å². The van der Waals surface area contributed by atoms with E-state index in [0.29, 0.717) is 29.4 Å². The summed E-state index contributed by atoms with van der Waals surface area (Å²) < 4.78 is 14.9. The largest absolute Gasteiger partial charge is 0.478 e. The van der Waals surface area contributed by atoms with Crippen molar-refractivity contribution < 1.29 is 14.3 Å². The lowest BCUT2D eigenvalue weighted by Gasteiger charge is -2.10. The molecule has 4 aromatic rings. The number of halogens is 1. The highest BCUT2D eigenvalue weighted by Crippen LogP contribution is 2.28. The summed E-state index contributed by atoms with van der Waals surface area (Å²) in [4.78, 5) is 20.5. The number of carboxylic acid groups (broad SMARTS) is 1. The SMILES string of the molecule is CCc1nn(C)c2nc(-c3ccc(C(=O)O)cc3)nc(NCc3ccc(F)cc3)c12. The maximum Gasteiger partial charge on any atom is 0.335 e. The van der Waals surface area contributed by atoms with Gasteiger partial charge in [-0.3, -0.25) is 0 Å². The normalized spacial score (nSPS) is 11.0. The minimum absolute atomic E-state index is 0.197. The fraction of sp³-hybridized carbons (Fsp3) is 0.182. The van der Waals surface area contributed by atoms with Crippen LogP contribution in [0.5, 0.6) is 0 Å². The molecule has 0 saturated carbocycles. The number of benzene rings is 2.